The fraction of sp³-hybridized carbons (Fsp3) is 0.222. The fourth-order valence-corrected chi connectivity index (χ4v) is 2.13. The topological polar surface area (TPSA) is 43.8 Å². The number of anilines is 1. The number of hydrogen-bond acceptors (Lipinski definition) is 3. The molecule has 5 heteroatoms. The molecule has 0 unspecified atom stereocenters. The van der Waals surface area contributed by atoms with Crippen LogP contribution in [0.4, 0.5) is 5.69 Å². The molecule has 0 bridgehead atoms. The van der Waals surface area contributed by atoms with Gasteiger partial charge in [-0.1, -0.05) is 11.6 Å². The summed E-state index contributed by atoms with van der Waals surface area (Å²) < 4.78 is 2.63. The first kappa shape index (κ1) is 9.55. The van der Waals surface area contributed by atoms with Crippen LogP contribution in [0.15, 0.2) is 17.6 Å². The van der Waals surface area contributed by atoms with E-state index in [9.17, 15) is 0 Å². The Morgan fingerprint density at radius 3 is 2.93 bits per heavy atom. The van der Waals surface area contributed by atoms with E-state index < -0.39 is 0 Å². The van der Waals surface area contributed by atoms with Crippen LogP contribution in [0.1, 0.15) is 11.3 Å². The van der Waals surface area contributed by atoms with Gasteiger partial charge in [0.25, 0.3) is 0 Å². The number of thiophene rings is 1. The largest absolute Gasteiger partial charge is 0.396 e. The molecule has 0 aliphatic heterocycles. The first-order valence-corrected chi connectivity index (χ1v) is 5.43. The second kappa shape index (κ2) is 3.63. The molecule has 2 N–H and O–H groups in total. The summed E-state index contributed by atoms with van der Waals surface area (Å²) in [6.07, 6.45) is 1.83. The molecule has 0 aliphatic rings. The van der Waals surface area contributed by atoms with Gasteiger partial charge in [-0.05, 0) is 23.9 Å². The van der Waals surface area contributed by atoms with Crippen molar-refractivity contribution in [1.82, 2.24) is 9.78 Å². The van der Waals surface area contributed by atoms with Crippen molar-refractivity contribution in [3.05, 3.63) is 33.2 Å². The Hall–Kier alpha value is -1.00. The van der Waals surface area contributed by atoms with Gasteiger partial charge >= 0.3 is 0 Å². The second-order valence-corrected chi connectivity index (χ2v) is 4.67. The van der Waals surface area contributed by atoms with Crippen LogP contribution >= 0.6 is 22.9 Å². The maximum atomic E-state index is 5.83. The summed E-state index contributed by atoms with van der Waals surface area (Å²) in [6.45, 7) is 2.62. The SMILES string of the molecule is Cc1nn(Cc2csc(Cl)c2)cc1N. The second-order valence-electron chi connectivity index (χ2n) is 3.13. The summed E-state index contributed by atoms with van der Waals surface area (Å²) in [4.78, 5) is 0. The summed E-state index contributed by atoms with van der Waals surface area (Å²) in [6, 6.07) is 1.94. The maximum Gasteiger partial charge on any atom is 0.0931 e. The van der Waals surface area contributed by atoms with Gasteiger partial charge in [-0.3, -0.25) is 4.68 Å². The molecule has 3 nitrogen and oxygen atoms in total. The van der Waals surface area contributed by atoms with Gasteiger partial charge in [-0.25, -0.2) is 0 Å². The van der Waals surface area contributed by atoms with Gasteiger partial charge in [-0.15, -0.1) is 11.3 Å². The Labute approximate surface area is 91.1 Å². The zero-order chi connectivity index (χ0) is 10.1. The quantitative estimate of drug-likeness (QED) is 0.857. The lowest BCUT2D eigenvalue weighted by molar-refractivity contribution is 0.681. The van der Waals surface area contributed by atoms with Crippen molar-refractivity contribution < 1.29 is 0 Å². The molecule has 2 heterocycles. The van der Waals surface area contributed by atoms with Crippen molar-refractivity contribution in [3.8, 4) is 0 Å². The number of aromatic nitrogens is 2. The number of nitrogens with zero attached hydrogens (tertiary/aromatic N) is 2. The van der Waals surface area contributed by atoms with Crippen LogP contribution < -0.4 is 5.73 Å². The van der Waals surface area contributed by atoms with E-state index in [4.69, 9.17) is 17.3 Å². The van der Waals surface area contributed by atoms with Crippen LogP contribution in [0.3, 0.4) is 0 Å². The number of nitrogens with two attached hydrogens (primary N) is 1. The normalized spacial score (nSPS) is 10.7. The predicted molar refractivity (Wildman–Crippen MR) is 59.8 cm³/mol. The Morgan fingerprint density at radius 2 is 2.43 bits per heavy atom. The number of aryl methyl sites for hydroxylation is 1. The van der Waals surface area contributed by atoms with Crippen LogP contribution in [0.2, 0.25) is 4.34 Å². The van der Waals surface area contributed by atoms with Crippen molar-refractivity contribution >= 4 is 28.6 Å². The summed E-state index contributed by atoms with van der Waals surface area (Å²) in [5.74, 6) is 0. The third kappa shape index (κ3) is 1.91. The van der Waals surface area contributed by atoms with Gasteiger partial charge < -0.3 is 5.73 Å². The van der Waals surface area contributed by atoms with Crippen molar-refractivity contribution in [3.63, 3.8) is 0 Å². The van der Waals surface area contributed by atoms with E-state index in [2.05, 4.69) is 5.10 Å². The smallest absolute Gasteiger partial charge is 0.0931 e. The van der Waals surface area contributed by atoms with E-state index >= 15 is 0 Å². The summed E-state index contributed by atoms with van der Waals surface area (Å²) in [5, 5.41) is 6.29. The lowest BCUT2D eigenvalue weighted by Gasteiger charge is -1.96. The third-order valence-corrected chi connectivity index (χ3v) is 3.09. The Morgan fingerprint density at radius 1 is 1.64 bits per heavy atom. The molecule has 0 fully saturated rings. The number of hydrogen-bond donors (Lipinski definition) is 1. The summed E-state index contributed by atoms with van der Waals surface area (Å²) in [7, 11) is 0. The highest BCUT2D eigenvalue weighted by atomic mass is 35.5. The Bertz CT molecular complexity index is 427. The molecule has 2 aromatic rings. The minimum absolute atomic E-state index is 0.723. The number of halogens is 1. The van der Waals surface area contributed by atoms with Crippen LogP contribution in [0.5, 0.6) is 0 Å². The van der Waals surface area contributed by atoms with Gasteiger partial charge in [0.15, 0.2) is 0 Å². The molecule has 0 spiro atoms. The van der Waals surface area contributed by atoms with Crippen LogP contribution in [0.25, 0.3) is 0 Å². The van der Waals surface area contributed by atoms with Crippen molar-refractivity contribution in [2.24, 2.45) is 0 Å². The molecule has 0 aromatic carbocycles. The standard InChI is InChI=1S/C9H10ClN3S/c1-6-8(11)4-13(12-6)3-7-2-9(10)14-5-7/h2,4-5H,3,11H2,1H3. The van der Waals surface area contributed by atoms with Crippen molar-refractivity contribution in [2.75, 3.05) is 5.73 Å². The third-order valence-electron chi connectivity index (χ3n) is 1.95. The van der Waals surface area contributed by atoms with Gasteiger partial charge in [-0.2, -0.15) is 5.10 Å². The lowest BCUT2D eigenvalue weighted by Crippen LogP contribution is -1.98. The fourth-order valence-electron chi connectivity index (χ4n) is 1.23. The highest BCUT2D eigenvalue weighted by Gasteiger charge is 2.02. The van der Waals surface area contributed by atoms with Gasteiger partial charge in [0.05, 0.1) is 22.3 Å². The molecule has 2 aromatic heterocycles. The van der Waals surface area contributed by atoms with Crippen molar-refractivity contribution in [1.29, 1.82) is 0 Å². The summed E-state index contributed by atoms with van der Waals surface area (Å²) in [5.41, 5.74) is 8.44. The first-order valence-electron chi connectivity index (χ1n) is 4.17. The number of nitrogen functional groups attached to an aromatic ring is 1. The molecule has 0 radical (unpaired) electrons. The van der Waals surface area contributed by atoms with E-state index in [0.29, 0.717) is 0 Å². The lowest BCUT2D eigenvalue weighted by atomic mass is 10.3. The Balaban J connectivity index is 2.18. The molecular weight excluding hydrogens is 218 g/mol. The van der Waals surface area contributed by atoms with E-state index in [1.54, 1.807) is 0 Å². The first-order chi connectivity index (χ1) is 6.65. The van der Waals surface area contributed by atoms with E-state index in [0.717, 1.165) is 27.8 Å². The Kier molecular flexibility index (Phi) is 2.48. The molecule has 0 atom stereocenters. The predicted octanol–water partition coefficient (Wildman–Crippen LogP) is 2.54. The maximum absolute atomic E-state index is 5.83. The minimum atomic E-state index is 0.723. The average molecular weight is 228 g/mol. The van der Waals surface area contributed by atoms with E-state index in [1.165, 1.54) is 11.3 Å². The molecule has 2 rings (SSSR count). The molecule has 0 saturated heterocycles. The molecular formula is C9H10ClN3S. The summed E-state index contributed by atoms with van der Waals surface area (Å²) >= 11 is 7.35. The molecule has 0 aliphatic carbocycles. The van der Waals surface area contributed by atoms with Crippen LogP contribution in [0, 0.1) is 6.92 Å². The van der Waals surface area contributed by atoms with Crippen LogP contribution in [-0.4, -0.2) is 9.78 Å². The molecule has 0 saturated carbocycles. The van der Waals surface area contributed by atoms with E-state index in [-0.39, 0.29) is 0 Å². The monoisotopic (exact) mass is 227 g/mol. The zero-order valence-corrected chi connectivity index (χ0v) is 9.27. The van der Waals surface area contributed by atoms with Crippen molar-refractivity contribution in [2.45, 2.75) is 13.5 Å². The van der Waals surface area contributed by atoms with Gasteiger partial charge in [0.1, 0.15) is 0 Å². The highest BCUT2D eigenvalue weighted by Crippen LogP contribution is 2.20. The van der Waals surface area contributed by atoms with Gasteiger partial charge in [0.2, 0.25) is 0 Å². The zero-order valence-electron chi connectivity index (χ0n) is 7.70. The molecule has 74 valence electrons. The molecule has 14 heavy (non-hydrogen) atoms. The van der Waals surface area contributed by atoms with Crippen LogP contribution in [-0.2, 0) is 6.54 Å². The number of rotatable bonds is 2. The highest BCUT2D eigenvalue weighted by molar-refractivity contribution is 7.14. The van der Waals surface area contributed by atoms with Gasteiger partial charge in [0, 0.05) is 6.20 Å². The average Bonchev–Trinajstić information content (AvgIpc) is 2.62. The van der Waals surface area contributed by atoms with E-state index in [1.807, 2.05) is 29.2 Å². The molecule has 0 amide bonds. The minimum Gasteiger partial charge on any atom is -0.396 e.